The van der Waals surface area contributed by atoms with Gasteiger partial charge in [-0.3, -0.25) is 10.1 Å². The largest absolute Gasteiger partial charge is 0.481 e. The molecule has 1 aromatic heterocycles. The van der Waals surface area contributed by atoms with Crippen molar-refractivity contribution in [2.24, 2.45) is 0 Å². The highest BCUT2D eigenvalue weighted by Crippen LogP contribution is 2.23. The zero-order valence-corrected chi connectivity index (χ0v) is 7.70. The monoisotopic (exact) mass is 182 g/mol. The predicted molar refractivity (Wildman–Crippen MR) is 46.9 cm³/mol. The molecule has 1 heterocycles. The molecular weight excluding hydrogens is 172 g/mol. The van der Waals surface area contributed by atoms with Gasteiger partial charge in [0, 0.05) is 11.6 Å². The van der Waals surface area contributed by atoms with Gasteiger partial charge in [-0.25, -0.2) is 4.98 Å². The number of hydrogen-bond donors (Lipinski definition) is 0. The Morgan fingerprint density at radius 1 is 1.54 bits per heavy atom. The van der Waals surface area contributed by atoms with Crippen molar-refractivity contribution in [2.45, 2.75) is 13.8 Å². The first-order valence-electron chi connectivity index (χ1n) is 3.73. The van der Waals surface area contributed by atoms with Crippen LogP contribution < -0.4 is 4.74 Å². The second-order valence-electron chi connectivity index (χ2n) is 2.68. The number of aryl methyl sites for hydroxylation is 2. The fourth-order valence-electron chi connectivity index (χ4n) is 1.06. The summed E-state index contributed by atoms with van der Waals surface area (Å²) in [6.45, 7) is 3.30. The minimum Gasteiger partial charge on any atom is -0.481 e. The Kier molecular flexibility index (Phi) is 2.46. The fraction of sp³-hybridized carbons (Fsp3) is 0.375. The van der Waals surface area contributed by atoms with E-state index in [4.69, 9.17) is 4.74 Å². The maximum Gasteiger partial charge on any atom is 0.290 e. The molecule has 0 aliphatic rings. The molecule has 0 unspecified atom stereocenters. The minimum atomic E-state index is -0.450. The lowest BCUT2D eigenvalue weighted by atomic mass is 10.2. The van der Waals surface area contributed by atoms with Gasteiger partial charge in [-0.05, 0) is 13.8 Å². The van der Waals surface area contributed by atoms with Crippen molar-refractivity contribution in [2.75, 3.05) is 7.11 Å². The quantitative estimate of drug-likeness (QED) is 0.514. The maximum absolute atomic E-state index is 10.5. The third-order valence-corrected chi connectivity index (χ3v) is 1.72. The zero-order chi connectivity index (χ0) is 10.0. The Balaban J connectivity index is 3.28. The molecule has 5 nitrogen and oxygen atoms in total. The van der Waals surface area contributed by atoms with Crippen molar-refractivity contribution in [3.05, 3.63) is 27.4 Å². The van der Waals surface area contributed by atoms with Crippen molar-refractivity contribution in [3.8, 4) is 5.88 Å². The number of rotatable bonds is 2. The van der Waals surface area contributed by atoms with E-state index in [9.17, 15) is 10.1 Å². The summed E-state index contributed by atoms with van der Waals surface area (Å²) in [4.78, 5) is 14.0. The van der Waals surface area contributed by atoms with E-state index in [1.165, 1.54) is 13.2 Å². The van der Waals surface area contributed by atoms with Crippen LogP contribution in [0.2, 0.25) is 0 Å². The fourth-order valence-corrected chi connectivity index (χ4v) is 1.06. The zero-order valence-electron chi connectivity index (χ0n) is 7.70. The summed E-state index contributed by atoms with van der Waals surface area (Å²) >= 11 is 0. The molecule has 0 aromatic carbocycles. The van der Waals surface area contributed by atoms with Crippen LogP contribution in [0.4, 0.5) is 5.69 Å². The molecule has 0 N–H and O–H groups in total. The summed E-state index contributed by atoms with van der Waals surface area (Å²) in [5.74, 6) is 0.433. The molecule has 1 rings (SSSR count). The van der Waals surface area contributed by atoms with E-state index in [0.29, 0.717) is 17.1 Å². The first kappa shape index (κ1) is 9.44. The van der Waals surface area contributed by atoms with Crippen molar-refractivity contribution in [1.82, 2.24) is 4.98 Å². The topological polar surface area (TPSA) is 65.3 Å². The molecule has 5 heteroatoms. The maximum atomic E-state index is 10.5. The molecule has 0 fully saturated rings. The van der Waals surface area contributed by atoms with Crippen LogP contribution in [-0.2, 0) is 0 Å². The molecule has 13 heavy (non-hydrogen) atoms. The van der Waals surface area contributed by atoms with Gasteiger partial charge in [0.25, 0.3) is 5.69 Å². The van der Waals surface area contributed by atoms with Gasteiger partial charge in [-0.1, -0.05) is 0 Å². The molecule has 0 atom stereocenters. The first-order valence-corrected chi connectivity index (χ1v) is 3.73. The van der Waals surface area contributed by atoms with Gasteiger partial charge in [-0.2, -0.15) is 0 Å². The minimum absolute atomic E-state index is 0.0262. The van der Waals surface area contributed by atoms with E-state index in [2.05, 4.69) is 4.98 Å². The van der Waals surface area contributed by atoms with Gasteiger partial charge in [-0.15, -0.1) is 0 Å². The molecular formula is C8H10N2O3. The predicted octanol–water partition coefficient (Wildman–Crippen LogP) is 1.62. The lowest BCUT2D eigenvalue weighted by Crippen LogP contribution is -1.98. The van der Waals surface area contributed by atoms with E-state index in [-0.39, 0.29) is 5.69 Å². The normalized spacial score (nSPS) is 9.77. The Hall–Kier alpha value is -1.65. The SMILES string of the molecule is COc1nc(C)c([N+](=O)[O-])cc1C. The molecule has 0 bridgehead atoms. The summed E-state index contributed by atoms with van der Waals surface area (Å²) < 4.78 is 4.93. The van der Waals surface area contributed by atoms with E-state index >= 15 is 0 Å². The Morgan fingerprint density at radius 3 is 2.62 bits per heavy atom. The lowest BCUT2D eigenvalue weighted by molar-refractivity contribution is -0.385. The van der Waals surface area contributed by atoms with Crippen LogP contribution >= 0.6 is 0 Å². The number of aromatic nitrogens is 1. The van der Waals surface area contributed by atoms with Gasteiger partial charge >= 0.3 is 0 Å². The summed E-state index contributed by atoms with van der Waals surface area (Å²) in [5, 5.41) is 10.5. The first-order chi connectivity index (χ1) is 6.06. The van der Waals surface area contributed by atoms with Crippen molar-refractivity contribution < 1.29 is 9.66 Å². The molecule has 0 spiro atoms. The summed E-state index contributed by atoms with van der Waals surface area (Å²) in [7, 11) is 1.49. The molecule has 0 aliphatic carbocycles. The lowest BCUT2D eigenvalue weighted by Gasteiger charge is -2.04. The van der Waals surface area contributed by atoms with Crippen molar-refractivity contribution in [3.63, 3.8) is 0 Å². The number of nitrogens with zero attached hydrogens (tertiary/aromatic N) is 2. The molecule has 70 valence electrons. The Bertz CT molecular complexity index is 349. The highest BCUT2D eigenvalue weighted by atomic mass is 16.6. The number of hydrogen-bond acceptors (Lipinski definition) is 4. The molecule has 0 amide bonds. The second kappa shape index (κ2) is 3.38. The number of pyridine rings is 1. The van der Waals surface area contributed by atoms with Crippen molar-refractivity contribution in [1.29, 1.82) is 0 Å². The number of ether oxygens (including phenoxy) is 1. The van der Waals surface area contributed by atoms with E-state index in [0.717, 1.165) is 0 Å². The average Bonchev–Trinajstić information content (AvgIpc) is 2.07. The molecule has 0 saturated carbocycles. The second-order valence-corrected chi connectivity index (χ2v) is 2.68. The number of methoxy groups -OCH3 is 1. The van der Waals surface area contributed by atoms with Crippen LogP contribution in [0, 0.1) is 24.0 Å². The van der Waals surface area contributed by atoms with Crippen LogP contribution in [-0.4, -0.2) is 17.0 Å². The Morgan fingerprint density at radius 2 is 2.15 bits per heavy atom. The summed E-state index contributed by atoms with van der Waals surface area (Å²) in [6, 6.07) is 1.46. The molecule has 0 aliphatic heterocycles. The van der Waals surface area contributed by atoms with E-state index in [1.54, 1.807) is 13.8 Å². The third kappa shape index (κ3) is 1.74. The highest BCUT2D eigenvalue weighted by Gasteiger charge is 2.14. The third-order valence-electron chi connectivity index (χ3n) is 1.72. The standard InChI is InChI=1S/C8H10N2O3/c1-5-4-7(10(11)12)6(2)9-8(5)13-3/h4H,1-3H3. The van der Waals surface area contributed by atoms with Gasteiger partial charge in [0.1, 0.15) is 5.69 Å². The highest BCUT2D eigenvalue weighted by molar-refractivity contribution is 5.42. The van der Waals surface area contributed by atoms with Crippen LogP contribution in [0.5, 0.6) is 5.88 Å². The van der Waals surface area contributed by atoms with Crippen molar-refractivity contribution >= 4 is 5.69 Å². The van der Waals surface area contributed by atoms with E-state index in [1.807, 2.05) is 0 Å². The van der Waals surface area contributed by atoms with Gasteiger partial charge in [0.15, 0.2) is 0 Å². The summed E-state index contributed by atoms with van der Waals surface area (Å²) in [6.07, 6.45) is 0. The van der Waals surface area contributed by atoms with Gasteiger partial charge in [0.2, 0.25) is 5.88 Å². The average molecular weight is 182 g/mol. The van der Waals surface area contributed by atoms with Crippen LogP contribution in [0.15, 0.2) is 6.07 Å². The molecule has 0 saturated heterocycles. The van der Waals surface area contributed by atoms with Crippen LogP contribution in [0.3, 0.4) is 0 Å². The van der Waals surface area contributed by atoms with Gasteiger partial charge in [0.05, 0.1) is 12.0 Å². The van der Waals surface area contributed by atoms with Crippen LogP contribution in [0.1, 0.15) is 11.3 Å². The van der Waals surface area contributed by atoms with E-state index < -0.39 is 4.92 Å². The summed E-state index contributed by atoms with van der Waals surface area (Å²) in [5.41, 5.74) is 1.06. The van der Waals surface area contributed by atoms with Gasteiger partial charge < -0.3 is 4.74 Å². The Labute approximate surface area is 75.5 Å². The molecule has 1 aromatic rings. The smallest absolute Gasteiger partial charge is 0.290 e. The number of nitro groups is 1. The van der Waals surface area contributed by atoms with Crippen LogP contribution in [0.25, 0.3) is 0 Å². The molecule has 0 radical (unpaired) electrons.